The predicted molar refractivity (Wildman–Crippen MR) is 115 cm³/mol. The molecule has 1 aliphatic heterocycles. The molecule has 0 radical (unpaired) electrons. The largest absolute Gasteiger partial charge is 0.390 e. The van der Waals surface area contributed by atoms with E-state index in [-0.39, 0.29) is 19.6 Å². The van der Waals surface area contributed by atoms with E-state index in [1.807, 2.05) is 0 Å². The van der Waals surface area contributed by atoms with E-state index >= 15 is 0 Å². The van der Waals surface area contributed by atoms with E-state index in [9.17, 15) is 15.3 Å². The van der Waals surface area contributed by atoms with Crippen molar-refractivity contribution in [2.75, 3.05) is 32.8 Å². The van der Waals surface area contributed by atoms with Crippen LogP contribution in [0.4, 0.5) is 0 Å². The van der Waals surface area contributed by atoms with Crippen molar-refractivity contribution >= 4 is 0 Å². The van der Waals surface area contributed by atoms with Gasteiger partial charge >= 0.3 is 0 Å². The Morgan fingerprint density at radius 3 is 2.42 bits per heavy atom. The first-order valence-electron chi connectivity index (χ1n) is 11.1. The third-order valence-electron chi connectivity index (χ3n) is 5.86. The van der Waals surface area contributed by atoms with Crippen LogP contribution in [0.25, 0.3) is 0 Å². The van der Waals surface area contributed by atoms with Gasteiger partial charge in [0.25, 0.3) is 0 Å². The van der Waals surface area contributed by atoms with Gasteiger partial charge in [-0.15, -0.1) is 0 Å². The first kappa shape index (κ1) is 26.8. The second-order valence-electron chi connectivity index (χ2n) is 8.55. The lowest BCUT2D eigenvalue weighted by Crippen LogP contribution is -2.65. The van der Waals surface area contributed by atoms with Crippen molar-refractivity contribution in [1.29, 1.82) is 0 Å². The van der Waals surface area contributed by atoms with Gasteiger partial charge in [-0.05, 0) is 38.8 Å². The van der Waals surface area contributed by atoms with Crippen LogP contribution in [0.15, 0.2) is 0 Å². The van der Waals surface area contributed by atoms with E-state index in [2.05, 4.69) is 5.32 Å². The second-order valence-corrected chi connectivity index (χ2v) is 8.55. The van der Waals surface area contributed by atoms with Crippen LogP contribution in [0.3, 0.4) is 0 Å². The van der Waals surface area contributed by atoms with Crippen molar-refractivity contribution in [2.45, 2.75) is 86.7 Å². The van der Waals surface area contributed by atoms with E-state index in [4.69, 9.17) is 42.9 Å². The summed E-state index contributed by atoms with van der Waals surface area (Å²) in [7, 11) is 0. The number of aliphatic hydroxyl groups excluding tert-OH is 3. The highest BCUT2D eigenvalue weighted by atomic mass is 16.7. The zero-order valence-electron chi connectivity index (χ0n) is 18.1. The molecule has 1 heterocycles. The topological polar surface area (TPSA) is 231 Å². The Bertz CT molecular complexity index is 509. The van der Waals surface area contributed by atoms with Crippen molar-refractivity contribution in [1.82, 2.24) is 5.32 Å². The van der Waals surface area contributed by atoms with Gasteiger partial charge in [0.1, 0.15) is 12.2 Å². The van der Waals surface area contributed by atoms with Crippen LogP contribution in [0.1, 0.15) is 25.7 Å². The lowest BCUT2D eigenvalue weighted by molar-refractivity contribution is -0.273. The van der Waals surface area contributed by atoms with Crippen LogP contribution < -0.4 is 34.0 Å². The summed E-state index contributed by atoms with van der Waals surface area (Å²) in [6.45, 7) is 1.79. The first-order valence-corrected chi connectivity index (χ1v) is 11.1. The molecule has 2 fully saturated rings. The predicted octanol–water partition coefficient (Wildman–Crippen LogP) is -4.37. The monoisotopic (exact) mass is 450 g/mol. The molecule has 12 heteroatoms. The van der Waals surface area contributed by atoms with E-state index < -0.39 is 61.0 Å². The fourth-order valence-electron chi connectivity index (χ4n) is 3.99. The zero-order chi connectivity index (χ0) is 23.0. The van der Waals surface area contributed by atoms with Crippen molar-refractivity contribution in [2.24, 2.45) is 28.7 Å². The van der Waals surface area contributed by atoms with Gasteiger partial charge in [0.2, 0.25) is 0 Å². The van der Waals surface area contributed by atoms with Crippen LogP contribution in [-0.4, -0.2) is 109 Å². The molecular weight excluding hydrogens is 408 g/mol. The molecule has 0 aromatic carbocycles. The highest BCUT2D eigenvalue weighted by molar-refractivity contribution is 4.99. The number of nitrogens with one attached hydrogen (secondary N) is 1. The Labute approximate surface area is 183 Å². The Hall–Kier alpha value is -0.480. The number of hydrogen-bond donors (Lipinski definition) is 9. The summed E-state index contributed by atoms with van der Waals surface area (Å²) in [4.78, 5) is 0. The summed E-state index contributed by atoms with van der Waals surface area (Å²) in [5, 5.41) is 34.0. The molecule has 0 aromatic rings. The van der Waals surface area contributed by atoms with Gasteiger partial charge in [-0.1, -0.05) is 0 Å². The summed E-state index contributed by atoms with van der Waals surface area (Å²) in [5.41, 5.74) is 29.5. The van der Waals surface area contributed by atoms with Crippen LogP contribution in [0.2, 0.25) is 0 Å². The summed E-state index contributed by atoms with van der Waals surface area (Å²) < 4.78 is 17.6. The molecular formula is C19H42N6O6. The van der Waals surface area contributed by atoms with Gasteiger partial charge in [0.05, 0.1) is 37.1 Å². The third-order valence-corrected chi connectivity index (χ3v) is 5.86. The minimum Gasteiger partial charge on any atom is -0.390 e. The fourth-order valence-corrected chi connectivity index (χ4v) is 3.99. The molecule has 14 N–H and O–H groups in total. The SMILES string of the molecule is NCCCCNCC(O)CO[C@@H]1[C@@H](O)[C@H](N)C[C@H](N)[C@H]1O[C@H]1O[C@H](CN)[C@@H](O)C[C@H]1N. The van der Waals surface area contributed by atoms with E-state index in [1.165, 1.54) is 0 Å². The molecule has 0 aromatic heterocycles. The van der Waals surface area contributed by atoms with Crippen LogP contribution in [-0.2, 0) is 14.2 Å². The van der Waals surface area contributed by atoms with Gasteiger partial charge in [0.15, 0.2) is 6.29 Å². The van der Waals surface area contributed by atoms with E-state index in [0.717, 1.165) is 19.4 Å². The van der Waals surface area contributed by atoms with Gasteiger partial charge in [-0.2, -0.15) is 0 Å². The maximum absolute atomic E-state index is 10.6. The maximum Gasteiger partial charge on any atom is 0.173 e. The average Bonchev–Trinajstić information content (AvgIpc) is 2.73. The Kier molecular flexibility index (Phi) is 11.5. The molecule has 1 aliphatic carbocycles. The molecule has 1 saturated carbocycles. The fraction of sp³-hybridized carbons (Fsp3) is 1.00. The summed E-state index contributed by atoms with van der Waals surface area (Å²) in [5.74, 6) is 0. The quantitative estimate of drug-likeness (QED) is 0.128. The van der Waals surface area contributed by atoms with Crippen LogP contribution >= 0.6 is 0 Å². The van der Waals surface area contributed by atoms with Crippen molar-refractivity contribution in [3.05, 3.63) is 0 Å². The van der Waals surface area contributed by atoms with Gasteiger partial charge in [-0.3, -0.25) is 0 Å². The van der Waals surface area contributed by atoms with Gasteiger partial charge in [0, 0.05) is 25.2 Å². The number of ether oxygens (including phenoxy) is 3. The summed E-state index contributed by atoms with van der Waals surface area (Å²) in [6.07, 6.45) is -3.29. The highest BCUT2D eigenvalue weighted by Crippen LogP contribution is 2.28. The first-order chi connectivity index (χ1) is 14.8. The van der Waals surface area contributed by atoms with Crippen molar-refractivity contribution in [3.8, 4) is 0 Å². The van der Waals surface area contributed by atoms with Crippen molar-refractivity contribution < 1.29 is 29.5 Å². The van der Waals surface area contributed by atoms with Crippen molar-refractivity contribution in [3.63, 3.8) is 0 Å². The van der Waals surface area contributed by atoms with Gasteiger partial charge in [-0.25, -0.2) is 0 Å². The standard InChI is InChI=1S/C19H42N6O6/c20-3-1-2-4-25-8-10(26)9-29-18-16(28)11(22)5-12(23)17(18)31-19-13(24)6-14(27)15(7-21)30-19/h10-19,25-28H,1-9,20-24H2/t10?,11-,12+,13-,14+,15-,16+,17-,18-,19-/m1/s1. The summed E-state index contributed by atoms with van der Waals surface area (Å²) in [6, 6.07) is -1.72. The molecule has 1 unspecified atom stereocenters. The van der Waals surface area contributed by atoms with Crippen LogP contribution in [0, 0.1) is 0 Å². The van der Waals surface area contributed by atoms with Gasteiger partial charge < -0.3 is 63.5 Å². The van der Waals surface area contributed by atoms with E-state index in [0.29, 0.717) is 19.5 Å². The molecule has 0 amide bonds. The molecule has 184 valence electrons. The second kappa shape index (κ2) is 13.3. The number of rotatable bonds is 12. The van der Waals surface area contributed by atoms with E-state index in [1.54, 1.807) is 0 Å². The lowest BCUT2D eigenvalue weighted by atomic mass is 9.84. The number of unbranched alkanes of at least 4 members (excludes halogenated alkanes) is 1. The highest BCUT2D eigenvalue weighted by Gasteiger charge is 2.46. The number of nitrogens with two attached hydrogens (primary N) is 5. The molecule has 10 atom stereocenters. The molecule has 2 rings (SSSR count). The Balaban J connectivity index is 1.94. The normalized spacial score (nSPS) is 40.1. The molecule has 1 saturated heterocycles. The Morgan fingerprint density at radius 1 is 1.00 bits per heavy atom. The molecule has 31 heavy (non-hydrogen) atoms. The maximum atomic E-state index is 10.6. The number of hydrogen-bond acceptors (Lipinski definition) is 12. The molecule has 0 bridgehead atoms. The zero-order valence-corrected chi connectivity index (χ0v) is 18.1. The third kappa shape index (κ3) is 7.81. The molecule has 2 aliphatic rings. The smallest absolute Gasteiger partial charge is 0.173 e. The molecule has 0 spiro atoms. The Morgan fingerprint density at radius 2 is 1.74 bits per heavy atom. The van der Waals surface area contributed by atoms with Crippen LogP contribution in [0.5, 0.6) is 0 Å². The number of aliphatic hydroxyl groups is 3. The summed E-state index contributed by atoms with van der Waals surface area (Å²) >= 11 is 0. The molecule has 12 nitrogen and oxygen atoms in total. The minimum absolute atomic E-state index is 0.0351. The lowest BCUT2D eigenvalue weighted by Gasteiger charge is -2.45. The minimum atomic E-state index is -1.04. The average molecular weight is 451 g/mol.